The molecule has 0 radical (unpaired) electrons. The minimum atomic E-state index is -0.464. The van der Waals surface area contributed by atoms with E-state index in [1.165, 1.54) is 0 Å². The number of hydrogen-bond donors (Lipinski definition) is 1. The number of aryl methyl sites for hydroxylation is 2. The molecule has 0 aliphatic heterocycles. The Balaban J connectivity index is 1.65. The summed E-state index contributed by atoms with van der Waals surface area (Å²) in [5.74, 6) is -0.366. The number of aromatic nitrogens is 2. The first kappa shape index (κ1) is 24.2. The van der Waals surface area contributed by atoms with Crippen molar-refractivity contribution in [3.8, 4) is 17.6 Å². The number of benzene rings is 1. The first-order valence-corrected chi connectivity index (χ1v) is 10.9. The second-order valence-electron chi connectivity index (χ2n) is 7.37. The molecule has 2 heterocycles. The van der Waals surface area contributed by atoms with E-state index in [2.05, 4.69) is 42.1 Å². The number of methoxy groups -OCH3 is 1. The number of halogens is 1. The Morgan fingerprint density at radius 3 is 2.67 bits per heavy atom. The number of nitriles is 1. The number of pyridine rings is 1. The normalized spacial score (nSPS) is 10.9. The van der Waals surface area contributed by atoms with E-state index in [4.69, 9.17) is 9.47 Å². The van der Waals surface area contributed by atoms with Crippen molar-refractivity contribution in [3.63, 3.8) is 0 Å². The largest absolute Gasteiger partial charge is 0.467 e. The number of rotatable bonds is 8. The fourth-order valence-corrected chi connectivity index (χ4v) is 3.71. The number of amides is 1. The minimum Gasteiger partial charge on any atom is -0.467 e. The van der Waals surface area contributed by atoms with Crippen LogP contribution >= 0.6 is 15.9 Å². The van der Waals surface area contributed by atoms with Crippen LogP contribution in [0.5, 0.6) is 5.88 Å². The summed E-state index contributed by atoms with van der Waals surface area (Å²) in [6, 6.07) is 13.8. The summed E-state index contributed by atoms with van der Waals surface area (Å²) in [7, 11) is 1.54. The van der Waals surface area contributed by atoms with Crippen LogP contribution in [0.3, 0.4) is 0 Å². The molecular formula is C24H24BrN5O3. The number of hydrogen-bond acceptors (Lipinski definition) is 6. The Morgan fingerprint density at radius 2 is 2.00 bits per heavy atom. The van der Waals surface area contributed by atoms with Crippen molar-refractivity contribution in [3.05, 3.63) is 74.6 Å². The Hall–Kier alpha value is -3.48. The van der Waals surface area contributed by atoms with Crippen LogP contribution in [0, 0.1) is 32.1 Å². The van der Waals surface area contributed by atoms with Gasteiger partial charge in [0.1, 0.15) is 11.6 Å². The average molecular weight is 510 g/mol. The van der Waals surface area contributed by atoms with Crippen LogP contribution in [0.2, 0.25) is 0 Å². The third kappa shape index (κ3) is 5.86. The number of carbonyl (C=O) groups is 1. The van der Waals surface area contributed by atoms with Gasteiger partial charge in [0.25, 0.3) is 5.91 Å². The molecule has 8 nitrogen and oxygen atoms in total. The number of ether oxygens (including phenoxy) is 2. The minimum absolute atomic E-state index is 0.0988. The van der Waals surface area contributed by atoms with Gasteiger partial charge >= 0.3 is 0 Å². The quantitative estimate of drug-likeness (QED) is 0.363. The molecule has 0 unspecified atom stereocenters. The van der Waals surface area contributed by atoms with Crippen LogP contribution in [-0.4, -0.2) is 35.4 Å². The predicted molar refractivity (Wildman–Crippen MR) is 129 cm³/mol. The van der Waals surface area contributed by atoms with E-state index in [1.54, 1.807) is 26.3 Å². The van der Waals surface area contributed by atoms with Crippen LogP contribution in [0.25, 0.3) is 5.69 Å². The number of hydrazone groups is 1. The summed E-state index contributed by atoms with van der Waals surface area (Å²) >= 11 is 3.45. The smallest absolute Gasteiger partial charge is 0.278 e. The van der Waals surface area contributed by atoms with Gasteiger partial charge in [-0.1, -0.05) is 15.9 Å². The average Bonchev–Trinajstić information content (AvgIpc) is 3.06. The van der Waals surface area contributed by atoms with E-state index in [0.717, 1.165) is 27.1 Å². The maximum atomic E-state index is 12.2. The van der Waals surface area contributed by atoms with Gasteiger partial charge in [-0.15, -0.1) is 0 Å². The van der Waals surface area contributed by atoms with Crippen molar-refractivity contribution in [2.75, 3.05) is 13.7 Å². The van der Waals surface area contributed by atoms with E-state index in [-0.39, 0.29) is 24.7 Å². The molecule has 2 aromatic heterocycles. The van der Waals surface area contributed by atoms with Crippen LogP contribution in [-0.2, 0) is 16.1 Å². The van der Waals surface area contributed by atoms with E-state index in [0.29, 0.717) is 11.3 Å². The molecule has 0 aliphatic carbocycles. The van der Waals surface area contributed by atoms with Crippen molar-refractivity contribution < 1.29 is 14.3 Å². The van der Waals surface area contributed by atoms with Gasteiger partial charge in [0.05, 0.1) is 12.8 Å². The predicted octanol–water partition coefficient (Wildman–Crippen LogP) is 4.11. The molecular weight excluding hydrogens is 486 g/mol. The molecule has 3 rings (SSSR count). The van der Waals surface area contributed by atoms with Crippen LogP contribution in [0.4, 0.5) is 0 Å². The van der Waals surface area contributed by atoms with Crippen LogP contribution < -0.4 is 10.2 Å². The lowest BCUT2D eigenvalue weighted by Gasteiger charge is -2.10. The van der Waals surface area contributed by atoms with Gasteiger partial charge in [0.2, 0.25) is 5.88 Å². The molecule has 0 bridgehead atoms. The van der Waals surface area contributed by atoms with Gasteiger partial charge in [-0.05, 0) is 57.2 Å². The van der Waals surface area contributed by atoms with Gasteiger partial charge in [0, 0.05) is 45.5 Å². The lowest BCUT2D eigenvalue weighted by molar-refractivity contribution is -0.123. The van der Waals surface area contributed by atoms with Crippen LogP contribution in [0.1, 0.15) is 33.8 Å². The SMILES string of the molecule is COCc1cc(C)nc(OCC(=O)N/N=C\c2cc(C)n(-c3ccc(Br)cc3)c2C)c1C#N. The summed E-state index contributed by atoms with van der Waals surface area (Å²) < 4.78 is 13.7. The van der Waals surface area contributed by atoms with Gasteiger partial charge in [-0.2, -0.15) is 10.4 Å². The molecule has 0 atom stereocenters. The standard InChI is InChI=1S/C24H24BrN5O3/c1-15-9-19(13-32-4)22(11-26)24(28-15)33-14-23(31)29-27-12-18-10-16(2)30(17(18)3)21-7-5-20(25)6-8-21/h5-10,12H,13-14H2,1-4H3,(H,29,31)/b27-12-. The molecule has 170 valence electrons. The molecule has 33 heavy (non-hydrogen) atoms. The maximum absolute atomic E-state index is 12.2. The van der Waals surface area contributed by atoms with Crippen molar-refractivity contribution in [1.29, 1.82) is 5.26 Å². The van der Waals surface area contributed by atoms with Gasteiger partial charge < -0.3 is 14.0 Å². The molecule has 1 amide bonds. The molecule has 1 N–H and O–H groups in total. The van der Waals surface area contributed by atoms with Crippen molar-refractivity contribution in [1.82, 2.24) is 15.0 Å². The fourth-order valence-electron chi connectivity index (χ4n) is 3.45. The van der Waals surface area contributed by atoms with E-state index in [9.17, 15) is 10.1 Å². The fraction of sp³-hybridized carbons (Fsp3) is 0.250. The van der Waals surface area contributed by atoms with Crippen LogP contribution in [0.15, 0.2) is 46.0 Å². The molecule has 3 aromatic rings. The third-order valence-corrected chi connectivity index (χ3v) is 5.42. The Morgan fingerprint density at radius 1 is 1.27 bits per heavy atom. The second-order valence-corrected chi connectivity index (χ2v) is 8.28. The summed E-state index contributed by atoms with van der Waals surface area (Å²) in [6.45, 7) is 5.71. The Bertz CT molecular complexity index is 1230. The van der Waals surface area contributed by atoms with Gasteiger partial charge in [-0.25, -0.2) is 10.4 Å². The summed E-state index contributed by atoms with van der Waals surface area (Å²) in [6.07, 6.45) is 1.60. The van der Waals surface area contributed by atoms with Crippen molar-refractivity contribution in [2.45, 2.75) is 27.4 Å². The zero-order chi connectivity index (χ0) is 24.0. The molecule has 0 spiro atoms. The van der Waals surface area contributed by atoms with Gasteiger partial charge in [0.15, 0.2) is 6.61 Å². The molecule has 0 saturated heterocycles. The molecule has 9 heteroatoms. The highest BCUT2D eigenvalue weighted by molar-refractivity contribution is 9.10. The van der Waals surface area contributed by atoms with Gasteiger partial charge in [-0.3, -0.25) is 4.79 Å². The lowest BCUT2D eigenvalue weighted by Crippen LogP contribution is -2.25. The van der Waals surface area contributed by atoms with E-state index in [1.807, 2.05) is 44.2 Å². The highest BCUT2D eigenvalue weighted by atomic mass is 79.9. The Labute approximate surface area is 201 Å². The molecule has 0 fully saturated rings. The first-order chi connectivity index (χ1) is 15.8. The summed E-state index contributed by atoms with van der Waals surface area (Å²) in [5.41, 5.74) is 7.98. The first-order valence-electron chi connectivity index (χ1n) is 10.1. The van der Waals surface area contributed by atoms with Crippen molar-refractivity contribution >= 4 is 28.1 Å². The summed E-state index contributed by atoms with van der Waals surface area (Å²) in [4.78, 5) is 16.4. The van der Waals surface area contributed by atoms with E-state index < -0.39 is 5.91 Å². The Kier molecular flexibility index (Phi) is 7.98. The maximum Gasteiger partial charge on any atom is 0.278 e. The monoisotopic (exact) mass is 509 g/mol. The zero-order valence-electron chi connectivity index (χ0n) is 18.8. The lowest BCUT2D eigenvalue weighted by atomic mass is 10.1. The molecule has 0 aliphatic rings. The highest BCUT2D eigenvalue weighted by Gasteiger charge is 2.14. The highest BCUT2D eigenvalue weighted by Crippen LogP contribution is 2.22. The van der Waals surface area contributed by atoms with Crippen molar-refractivity contribution in [2.24, 2.45) is 5.10 Å². The topological polar surface area (TPSA) is 102 Å². The number of carbonyl (C=O) groups excluding carboxylic acids is 1. The molecule has 1 aromatic carbocycles. The number of nitrogens with one attached hydrogen (secondary N) is 1. The number of nitrogens with zero attached hydrogens (tertiary/aromatic N) is 4. The zero-order valence-corrected chi connectivity index (χ0v) is 20.4. The third-order valence-electron chi connectivity index (χ3n) is 4.90. The second kappa shape index (κ2) is 10.9. The molecule has 0 saturated carbocycles. The summed E-state index contributed by atoms with van der Waals surface area (Å²) in [5, 5.41) is 13.5. The van der Waals surface area contributed by atoms with E-state index >= 15 is 0 Å².